The first-order valence-corrected chi connectivity index (χ1v) is 17.3. The molecule has 39 heavy (non-hydrogen) atoms. The topological polar surface area (TPSA) is 26.3 Å². The van der Waals surface area contributed by atoms with Crippen LogP contribution >= 0.6 is 0 Å². The maximum absolute atomic E-state index is 11.9. The van der Waals surface area contributed by atoms with Crippen LogP contribution in [-0.2, 0) is 9.53 Å². The summed E-state index contributed by atoms with van der Waals surface area (Å²) in [5, 5.41) is 0. The van der Waals surface area contributed by atoms with Crippen LogP contribution in [0.25, 0.3) is 0 Å². The van der Waals surface area contributed by atoms with E-state index >= 15 is 0 Å². The first-order valence-electron chi connectivity index (χ1n) is 17.3. The van der Waals surface area contributed by atoms with Gasteiger partial charge in [0.05, 0.1) is 6.61 Å². The fraction of sp³-hybridized carbons (Fsp3) is 0.811. The lowest BCUT2D eigenvalue weighted by atomic mass is 9.99. The van der Waals surface area contributed by atoms with Crippen LogP contribution in [0.5, 0.6) is 0 Å². The van der Waals surface area contributed by atoms with Crippen molar-refractivity contribution in [1.29, 1.82) is 0 Å². The van der Waals surface area contributed by atoms with Gasteiger partial charge in [0.2, 0.25) is 0 Å². The maximum atomic E-state index is 11.9. The standard InChI is InChI=1S/C37H68O2/c1-4-6-7-8-9-10-11-12-13-16-19-22-25-28-31-34-37(38)39-35-32-29-26-23-20-17-14-15-18-21-24-27-30-33-36(3)5-2/h6-7,9-10,12-13,36H,4-5,8,11,14-35H2,1-3H3/b7-6-,10-9-,13-12-. The van der Waals surface area contributed by atoms with Crippen molar-refractivity contribution in [2.75, 3.05) is 6.61 Å². The zero-order valence-corrected chi connectivity index (χ0v) is 26.7. The second-order valence-corrected chi connectivity index (χ2v) is 11.7. The number of esters is 1. The van der Waals surface area contributed by atoms with E-state index in [1.807, 2.05) is 0 Å². The monoisotopic (exact) mass is 545 g/mol. The molecular formula is C37H68O2. The Morgan fingerprint density at radius 1 is 0.564 bits per heavy atom. The smallest absolute Gasteiger partial charge is 0.305 e. The van der Waals surface area contributed by atoms with Gasteiger partial charge >= 0.3 is 5.97 Å². The molecule has 0 aromatic heterocycles. The minimum absolute atomic E-state index is 0.00619. The maximum Gasteiger partial charge on any atom is 0.305 e. The highest BCUT2D eigenvalue weighted by Crippen LogP contribution is 2.16. The highest BCUT2D eigenvalue weighted by Gasteiger charge is 2.02. The van der Waals surface area contributed by atoms with Gasteiger partial charge in [-0.1, -0.05) is 166 Å². The molecule has 0 fully saturated rings. The average molecular weight is 545 g/mol. The Labute approximate surface area is 245 Å². The molecule has 0 amide bonds. The Morgan fingerprint density at radius 3 is 1.59 bits per heavy atom. The van der Waals surface area contributed by atoms with Crippen molar-refractivity contribution >= 4 is 5.97 Å². The summed E-state index contributed by atoms with van der Waals surface area (Å²) >= 11 is 0. The SMILES string of the molecule is CC/C=C\C/C=C\C/C=C\CCCCCCCC(=O)OCCCCCCCCCCCCCCCC(C)CC. The number of allylic oxidation sites excluding steroid dienone is 6. The van der Waals surface area contributed by atoms with Crippen molar-refractivity contribution in [3.63, 3.8) is 0 Å². The van der Waals surface area contributed by atoms with E-state index < -0.39 is 0 Å². The highest BCUT2D eigenvalue weighted by molar-refractivity contribution is 5.69. The van der Waals surface area contributed by atoms with Gasteiger partial charge in [-0.05, 0) is 50.9 Å². The van der Waals surface area contributed by atoms with E-state index in [4.69, 9.17) is 4.74 Å². The number of rotatable bonds is 30. The Hall–Kier alpha value is -1.31. The number of ether oxygens (including phenoxy) is 1. The van der Waals surface area contributed by atoms with E-state index in [1.54, 1.807) is 0 Å². The van der Waals surface area contributed by atoms with Crippen LogP contribution in [0.3, 0.4) is 0 Å². The average Bonchev–Trinajstić information content (AvgIpc) is 2.94. The molecular weight excluding hydrogens is 476 g/mol. The van der Waals surface area contributed by atoms with E-state index in [2.05, 4.69) is 57.2 Å². The van der Waals surface area contributed by atoms with Gasteiger partial charge in [0, 0.05) is 6.42 Å². The molecule has 2 heteroatoms. The van der Waals surface area contributed by atoms with Crippen LogP contribution in [0, 0.1) is 5.92 Å². The van der Waals surface area contributed by atoms with Gasteiger partial charge in [-0.25, -0.2) is 0 Å². The van der Waals surface area contributed by atoms with Crippen LogP contribution in [0.4, 0.5) is 0 Å². The van der Waals surface area contributed by atoms with Gasteiger partial charge in [-0.3, -0.25) is 4.79 Å². The second-order valence-electron chi connectivity index (χ2n) is 11.7. The molecule has 0 N–H and O–H groups in total. The van der Waals surface area contributed by atoms with Crippen LogP contribution in [0.1, 0.15) is 181 Å². The summed E-state index contributed by atoms with van der Waals surface area (Å²) in [6.45, 7) is 7.48. The van der Waals surface area contributed by atoms with Crippen molar-refractivity contribution in [2.45, 2.75) is 181 Å². The van der Waals surface area contributed by atoms with Gasteiger partial charge in [-0.2, -0.15) is 0 Å². The third-order valence-electron chi connectivity index (χ3n) is 7.83. The van der Waals surface area contributed by atoms with Crippen LogP contribution in [-0.4, -0.2) is 12.6 Å². The zero-order chi connectivity index (χ0) is 28.5. The van der Waals surface area contributed by atoms with Crippen LogP contribution in [0.2, 0.25) is 0 Å². The summed E-state index contributed by atoms with van der Waals surface area (Å²) in [6, 6.07) is 0. The van der Waals surface area contributed by atoms with Crippen LogP contribution < -0.4 is 0 Å². The summed E-state index contributed by atoms with van der Waals surface area (Å²) in [5.74, 6) is 0.927. The first kappa shape index (κ1) is 37.7. The van der Waals surface area contributed by atoms with E-state index in [0.717, 1.165) is 44.4 Å². The zero-order valence-electron chi connectivity index (χ0n) is 26.7. The normalized spacial score (nSPS) is 12.8. The molecule has 2 nitrogen and oxygen atoms in total. The lowest BCUT2D eigenvalue weighted by molar-refractivity contribution is -0.143. The van der Waals surface area contributed by atoms with Gasteiger partial charge in [0.15, 0.2) is 0 Å². The number of carbonyl (C=O) groups excluding carboxylic acids is 1. The van der Waals surface area contributed by atoms with Gasteiger partial charge in [0.25, 0.3) is 0 Å². The summed E-state index contributed by atoms with van der Waals surface area (Å²) in [7, 11) is 0. The lowest BCUT2D eigenvalue weighted by Crippen LogP contribution is -2.05. The molecule has 0 saturated heterocycles. The van der Waals surface area contributed by atoms with Crippen molar-refractivity contribution < 1.29 is 9.53 Å². The minimum atomic E-state index is 0.00619. The van der Waals surface area contributed by atoms with E-state index in [0.29, 0.717) is 13.0 Å². The quantitative estimate of drug-likeness (QED) is 0.0510. The van der Waals surface area contributed by atoms with Crippen molar-refractivity contribution in [1.82, 2.24) is 0 Å². The molecule has 228 valence electrons. The number of hydrogen-bond acceptors (Lipinski definition) is 2. The molecule has 0 aliphatic carbocycles. The molecule has 0 spiro atoms. The van der Waals surface area contributed by atoms with Crippen molar-refractivity contribution in [2.24, 2.45) is 5.92 Å². The second kappa shape index (κ2) is 32.9. The fourth-order valence-corrected chi connectivity index (χ4v) is 4.89. The Balaban J connectivity index is 3.25. The third-order valence-corrected chi connectivity index (χ3v) is 7.83. The molecule has 0 aromatic carbocycles. The number of hydrogen-bond donors (Lipinski definition) is 0. The molecule has 0 saturated carbocycles. The predicted octanol–water partition coefficient (Wildman–Crippen LogP) is 12.6. The summed E-state index contributed by atoms with van der Waals surface area (Å²) in [6.07, 6.45) is 44.8. The van der Waals surface area contributed by atoms with Crippen molar-refractivity contribution in [3.05, 3.63) is 36.5 Å². The molecule has 0 aliphatic rings. The Morgan fingerprint density at radius 2 is 1.03 bits per heavy atom. The van der Waals surface area contributed by atoms with E-state index in [1.165, 1.54) is 116 Å². The molecule has 0 aliphatic heterocycles. The molecule has 0 rings (SSSR count). The highest BCUT2D eigenvalue weighted by atomic mass is 16.5. The third kappa shape index (κ3) is 32.8. The number of carbonyl (C=O) groups is 1. The molecule has 0 radical (unpaired) electrons. The number of unbranched alkanes of at least 4 members (excludes halogenated alkanes) is 17. The summed E-state index contributed by atoms with van der Waals surface area (Å²) in [4.78, 5) is 11.9. The molecule has 0 bridgehead atoms. The summed E-state index contributed by atoms with van der Waals surface area (Å²) in [5.41, 5.74) is 0. The largest absolute Gasteiger partial charge is 0.466 e. The Bertz CT molecular complexity index is 574. The van der Waals surface area contributed by atoms with E-state index in [9.17, 15) is 4.79 Å². The molecule has 0 heterocycles. The Kier molecular flexibility index (Phi) is 31.8. The van der Waals surface area contributed by atoms with Gasteiger partial charge in [-0.15, -0.1) is 0 Å². The fourth-order valence-electron chi connectivity index (χ4n) is 4.89. The first-order chi connectivity index (χ1) is 19.2. The predicted molar refractivity (Wildman–Crippen MR) is 174 cm³/mol. The van der Waals surface area contributed by atoms with E-state index in [-0.39, 0.29) is 5.97 Å². The van der Waals surface area contributed by atoms with Crippen LogP contribution in [0.15, 0.2) is 36.5 Å². The lowest BCUT2D eigenvalue weighted by Gasteiger charge is -2.07. The molecule has 1 atom stereocenters. The van der Waals surface area contributed by atoms with Gasteiger partial charge < -0.3 is 4.74 Å². The van der Waals surface area contributed by atoms with Crippen molar-refractivity contribution in [3.8, 4) is 0 Å². The van der Waals surface area contributed by atoms with Gasteiger partial charge in [0.1, 0.15) is 0 Å². The molecule has 0 aromatic rings. The summed E-state index contributed by atoms with van der Waals surface area (Å²) < 4.78 is 5.43. The molecule has 1 unspecified atom stereocenters. The minimum Gasteiger partial charge on any atom is -0.466 e.